The van der Waals surface area contributed by atoms with Crippen molar-refractivity contribution in [1.29, 1.82) is 0 Å². The summed E-state index contributed by atoms with van der Waals surface area (Å²) in [4.78, 5) is 10.1. The molecule has 0 saturated carbocycles. The highest BCUT2D eigenvalue weighted by molar-refractivity contribution is 7.89. The second-order valence-corrected chi connectivity index (χ2v) is 7.56. The number of anilines is 1. The van der Waals surface area contributed by atoms with E-state index in [1.165, 1.54) is 13.0 Å². The number of aliphatic hydroxyl groups is 1. The van der Waals surface area contributed by atoms with Crippen LogP contribution in [-0.2, 0) is 15.6 Å². The molecule has 0 bridgehead atoms. The third-order valence-electron chi connectivity index (χ3n) is 3.57. The first-order chi connectivity index (χ1) is 11.5. The number of halogens is 1. The van der Waals surface area contributed by atoms with E-state index in [1.54, 1.807) is 24.3 Å². The highest BCUT2D eigenvalue weighted by Gasteiger charge is 2.27. The Morgan fingerprint density at radius 2 is 1.96 bits per heavy atom. The maximum Gasteiger partial charge on any atom is 0.293 e. The third-order valence-corrected chi connectivity index (χ3v) is 4.81. The summed E-state index contributed by atoms with van der Waals surface area (Å²) in [5.41, 5.74) is -1.38. The largest absolute Gasteiger partial charge is 0.384 e. The van der Waals surface area contributed by atoms with E-state index in [2.05, 4.69) is 5.32 Å². The molecule has 10 heteroatoms. The zero-order chi connectivity index (χ0) is 18.8. The Labute approximate surface area is 149 Å². The lowest BCUT2D eigenvalue weighted by atomic mass is 9.96. The third kappa shape index (κ3) is 4.45. The number of hydrogen-bond acceptors (Lipinski definition) is 6. The Balaban J connectivity index is 2.31. The quantitative estimate of drug-likeness (QED) is 0.515. The van der Waals surface area contributed by atoms with Gasteiger partial charge in [0, 0.05) is 23.2 Å². The van der Waals surface area contributed by atoms with Crippen molar-refractivity contribution < 1.29 is 18.4 Å². The zero-order valence-corrected chi connectivity index (χ0v) is 14.7. The van der Waals surface area contributed by atoms with Crippen LogP contribution in [0.3, 0.4) is 0 Å². The summed E-state index contributed by atoms with van der Waals surface area (Å²) < 4.78 is 22.7. The van der Waals surface area contributed by atoms with Crippen molar-refractivity contribution in [2.45, 2.75) is 17.4 Å². The summed E-state index contributed by atoms with van der Waals surface area (Å²) >= 11 is 6.07. The fourth-order valence-corrected chi connectivity index (χ4v) is 3.12. The standard InChI is InChI=1S/C15H16ClN3O5S/c1-15(20,11-4-2-3-5-12(11)16)9-18-13-7-6-10(25(17,23)24)8-14(13)19(21)22/h2-8,18,20H,9H2,1H3,(H2,17,23,24). The molecule has 0 aliphatic rings. The predicted octanol–water partition coefficient (Wildman–Crippen LogP) is 2.22. The molecular weight excluding hydrogens is 370 g/mol. The van der Waals surface area contributed by atoms with Crippen LogP contribution in [0.2, 0.25) is 5.02 Å². The molecule has 0 fully saturated rings. The Morgan fingerprint density at radius 3 is 2.52 bits per heavy atom. The van der Waals surface area contributed by atoms with Gasteiger partial charge in [-0.1, -0.05) is 29.8 Å². The van der Waals surface area contributed by atoms with Crippen LogP contribution in [0.15, 0.2) is 47.4 Å². The van der Waals surface area contributed by atoms with Gasteiger partial charge in [0.25, 0.3) is 5.69 Å². The molecule has 2 rings (SSSR count). The molecule has 0 amide bonds. The molecule has 0 aromatic heterocycles. The number of sulfonamides is 1. The maximum absolute atomic E-state index is 11.3. The van der Waals surface area contributed by atoms with E-state index in [4.69, 9.17) is 16.7 Å². The molecule has 4 N–H and O–H groups in total. The molecule has 0 aliphatic heterocycles. The minimum Gasteiger partial charge on any atom is -0.384 e. The normalized spacial score (nSPS) is 13.9. The van der Waals surface area contributed by atoms with E-state index in [9.17, 15) is 23.6 Å². The van der Waals surface area contributed by atoms with E-state index < -0.39 is 26.2 Å². The summed E-state index contributed by atoms with van der Waals surface area (Å²) in [5, 5.41) is 29.9. The van der Waals surface area contributed by atoms with E-state index in [-0.39, 0.29) is 17.1 Å². The van der Waals surface area contributed by atoms with Crippen LogP contribution in [0.4, 0.5) is 11.4 Å². The number of nitro groups is 1. The molecule has 1 unspecified atom stereocenters. The molecule has 0 heterocycles. The summed E-state index contributed by atoms with van der Waals surface area (Å²) in [6, 6.07) is 9.92. The van der Waals surface area contributed by atoms with Crippen LogP contribution in [0.25, 0.3) is 0 Å². The van der Waals surface area contributed by atoms with Crippen LogP contribution in [-0.4, -0.2) is 25.0 Å². The monoisotopic (exact) mass is 385 g/mol. The lowest BCUT2D eigenvalue weighted by Crippen LogP contribution is -2.31. The van der Waals surface area contributed by atoms with Gasteiger partial charge in [-0.2, -0.15) is 0 Å². The van der Waals surface area contributed by atoms with Crippen molar-refractivity contribution in [1.82, 2.24) is 0 Å². The van der Waals surface area contributed by atoms with Gasteiger partial charge in [0.15, 0.2) is 0 Å². The SMILES string of the molecule is CC(O)(CNc1ccc(S(N)(=O)=O)cc1[N+](=O)[O-])c1ccccc1Cl. The molecule has 8 nitrogen and oxygen atoms in total. The van der Waals surface area contributed by atoms with Crippen LogP contribution < -0.4 is 10.5 Å². The summed E-state index contributed by atoms with van der Waals surface area (Å²) in [6.45, 7) is 1.41. The van der Waals surface area contributed by atoms with Gasteiger partial charge in [0.2, 0.25) is 10.0 Å². The molecule has 0 aliphatic carbocycles. The van der Waals surface area contributed by atoms with Crippen LogP contribution in [0.5, 0.6) is 0 Å². The van der Waals surface area contributed by atoms with Gasteiger partial charge in [0.05, 0.1) is 9.82 Å². The van der Waals surface area contributed by atoms with Crippen molar-refractivity contribution >= 4 is 33.0 Å². The molecular formula is C15H16ClN3O5S. The molecule has 0 spiro atoms. The molecule has 134 valence electrons. The first-order valence-corrected chi connectivity index (χ1v) is 8.97. The molecule has 0 saturated heterocycles. The van der Waals surface area contributed by atoms with Crippen molar-refractivity contribution in [3.63, 3.8) is 0 Å². The Hall–Kier alpha value is -2.20. The van der Waals surface area contributed by atoms with Crippen molar-refractivity contribution in [3.8, 4) is 0 Å². The number of nitrogens with one attached hydrogen (secondary N) is 1. The number of primary sulfonamides is 1. The lowest BCUT2D eigenvalue weighted by molar-refractivity contribution is -0.384. The minimum atomic E-state index is -4.07. The average molecular weight is 386 g/mol. The van der Waals surface area contributed by atoms with Gasteiger partial charge in [0.1, 0.15) is 11.3 Å². The topological polar surface area (TPSA) is 136 Å². The number of nitrogens with zero attached hydrogens (tertiary/aromatic N) is 1. The molecule has 0 radical (unpaired) electrons. The van der Waals surface area contributed by atoms with E-state index >= 15 is 0 Å². The van der Waals surface area contributed by atoms with Crippen molar-refractivity contribution in [2.75, 3.05) is 11.9 Å². The van der Waals surface area contributed by atoms with E-state index in [1.807, 2.05) is 0 Å². The van der Waals surface area contributed by atoms with Crippen LogP contribution >= 0.6 is 11.6 Å². The zero-order valence-electron chi connectivity index (χ0n) is 13.1. The van der Waals surface area contributed by atoms with Gasteiger partial charge < -0.3 is 10.4 Å². The second-order valence-electron chi connectivity index (χ2n) is 5.59. The molecule has 1 atom stereocenters. The smallest absolute Gasteiger partial charge is 0.293 e. The molecule has 2 aromatic rings. The fourth-order valence-electron chi connectivity index (χ4n) is 2.25. The number of benzene rings is 2. The molecule has 2 aromatic carbocycles. The summed E-state index contributed by atoms with van der Waals surface area (Å²) in [7, 11) is -4.07. The number of rotatable bonds is 6. The van der Waals surface area contributed by atoms with Crippen molar-refractivity contribution in [3.05, 3.63) is 63.2 Å². The highest BCUT2D eigenvalue weighted by Crippen LogP contribution is 2.31. The van der Waals surface area contributed by atoms with Gasteiger partial charge in [-0.25, -0.2) is 13.6 Å². The Morgan fingerprint density at radius 1 is 1.32 bits per heavy atom. The molecule has 25 heavy (non-hydrogen) atoms. The second kappa shape index (κ2) is 6.96. The minimum absolute atomic E-state index is 0.0460. The van der Waals surface area contributed by atoms with Crippen molar-refractivity contribution in [2.24, 2.45) is 5.14 Å². The highest BCUT2D eigenvalue weighted by atomic mass is 35.5. The van der Waals surface area contributed by atoms with Gasteiger partial charge in [-0.15, -0.1) is 0 Å². The Kier molecular flexibility index (Phi) is 5.33. The number of nitrogens with two attached hydrogens (primary N) is 1. The Bertz CT molecular complexity index is 915. The van der Waals surface area contributed by atoms with Gasteiger partial charge in [-0.3, -0.25) is 10.1 Å². The first-order valence-electron chi connectivity index (χ1n) is 7.05. The van der Waals surface area contributed by atoms with Gasteiger partial charge >= 0.3 is 0 Å². The average Bonchev–Trinajstić information content (AvgIpc) is 2.52. The lowest BCUT2D eigenvalue weighted by Gasteiger charge is -2.25. The number of nitro benzene ring substituents is 1. The summed E-state index contributed by atoms with van der Waals surface area (Å²) in [6.07, 6.45) is 0. The summed E-state index contributed by atoms with van der Waals surface area (Å²) in [5.74, 6) is 0. The number of hydrogen-bond donors (Lipinski definition) is 3. The van der Waals surface area contributed by atoms with Gasteiger partial charge in [-0.05, 0) is 25.1 Å². The maximum atomic E-state index is 11.3. The first kappa shape index (κ1) is 19.1. The van der Waals surface area contributed by atoms with E-state index in [0.29, 0.717) is 10.6 Å². The predicted molar refractivity (Wildman–Crippen MR) is 94.0 cm³/mol. The van der Waals surface area contributed by atoms with Crippen LogP contribution in [0.1, 0.15) is 12.5 Å². The van der Waals surface area contributed by atoms with E-state index in [0.717, 1.165) is 12.1 Å². The van der Waals surface area contributed by atoms with Crippen LogP contribution in [0, 0.1) is 10.1 Å². The fraction of sp³-hybridized carbons (Fsp3) is 0.200.